The van der Waals surface area contributed by atoms with Crippen molar-refractivity contribution in [1.82, 2.24) is 10.4 Å². The topological polar surface area (TPSA) is 67.2 Å². The number of aromatic nitrogens is 1. The summed E-state index contributed by atoms with van der Waals surface area (Å²) < 4.78 is 5.87. The molecule has 0 saturated heterocycles. The van der Waals surface area contributed by atoms with Crippen LogP contribution in [-0.4, -0.2) is 10.9 Å². The second-order valence-electron chi connectivity index (χ2n) is 5.80. The molecule has 0 fully saturated rings. The van der Waals surface area contributed by atoms with Crippen LogP contribution in [0, 0.1) is 13.8 Å². The Labute approximate surface area is 143 Å². The molecule has 0 atom stereocenters. The van der Waals surface area contributed by atoms with Crippen molar-refractivity contribution in [2.45, 2.75) is 26.7 Å². The van der Waals surface area contributed by atoms with Crippen LogP contribution in [0.3, 0.4) is 0 Å². The van der Waals surface area contributed by atoms with Gasteiger partial charge in [-0.2, -0.15) is 0 Å². The van der Waals surface area contributed by atoms with Gasteiger partial charge in [0.15, 0.2) is 5.76 Å². The lowest BCUT2D eigenvalue weighted by Crippen LogP contribution is -2.29. The van der Waals surface area contributed by atoms with Crippen LogP contribution in [0.2, 0.25) is 0 Å². The number of rotatable bonds is 3. The van der Waals surface area contributed by atoms with Gasteiger partial charge in [0.1, 0.15) is 5.76 Å². The van der Waals surface area contributed by atoms with E-state index >= 15 is 0 Å². The zero-order valence-corrected chi connectivity index (χ0v) is 14.3. The van der Waals surface area contributed by atoms with Gasteiger partial charge in [-0.25, -0.2) is 4.98 Å². The number of carbonyl (C=O) groups is 1. The Morgan fingerprint density at radius 3 is 2.79 bits per heavy atom. The molecule has 0 unspecified atom stereocenters. The summed E-state index contributed by atoms with van der Waals surface area (Å²) in [7, 11) is 0. The molecular formula is C18H17N3O2S. The van der Waals surface area contributed by atoms with E-state index in [1.54, 1.807) is 11.3 Å². The number of hydrogen-bond donors (Lipinski definition) is 2. The molecular weight excluding hydrogens is 322 g/mol. The lowest BCUT2D eigenvalue weighted by atomic mass is 9.97. The Bertz CT molecular complexity index is 912. The first kappa shape index (κ1) is 15.0. The molecule has 3 aromatic rings. The highest BCUT2D eigenvalue weighted by molar-refractivity contribution is 7.12. The van der Waals surface area contributed by atoms with Crippen molar-refractivity contribution in [1.29, 1.82) is 0 Å². The number of hydrogen-bond acceptors (Lipinski definition) is 5. The number of nitrogens with one attached hydrogen (secondary N) is 2. The number of nitrogens with zero attached hydrogens (tertiary/aromatic N) is 1. The molecule has 4 rings (SSSR count). The van der Waals surface area contributed by atoms with E-state index in [9.17, 15) is 4.79 Å². The summed E-state index contributed by atoms with van der Waals surface area (Å²) in [5.74, 6) is 0.927. The van der Waals surface area contributed by atoms with Crippen molar-refractivity contribution in [3.63, 3.8) is 0 Å². The molecule has 0 spiro atoms. The van der Waals surface area contributed by atoms with Gasteiger partial charge < -0.3 is 4.42 Å². The Morgan fingerprint density at radius 1 is 1.21 bits per heavy atom. The van der Waals surface area contributed by atoms with Gasteiger partial charge >= 0.3 is 5.91 Å². The van der Waals surface area contributed by atoms with Crippen LogP contribution in [0.15, 0.2) is 34.7 Å². The highest BCUT2D eigenvalue weighted by Crippen LogP contribution is 2.40. The number of fused-ring (bicyclic) bond motifs is 3. The smallest absolute Gasteiger partial charge is 0.305 e. The molecule has 0 bridgehead atoms. The number of para-hydroxylation sites is 1. The van der Waals surface area contributed by atoms with E-state index in [-0.39, 0.29) is 5.91 Å². The summed E-state index contributed by atoms with van der Waals surface area (Å²) >= 11 is 1.72. The maximum Gasteiger partial charge on any atom is 0.305 e. The van der Waals surface area contributed by atoms with Crippen molar-refractivity contribution >= 4 is 22.9 Å². The second kappa shape index (κ2) is 5.79. The van der Waals surface area contributed by atoms with Gasteiger partial charge in [-0.05, 0) is 32.4 Å². The molecule has 1 aliphatic rings. The monoisotopic (exact) mass is 339 g/mol. The average molecular weight is 339 g/mol. The Hall–Kier alpha value is -2.60. The average Bonchev–Trinajstić information content (AvgIpc) is 3.13. The lowest BCUT2D eigenvalue weighted by Gasteiger charge is -2.09. The second-order valence-corrected chi connectivity index (χ2v) is 7.09. The van der Waals surface area contributed by atoms with Crippen LogP contribution in [0.4, 0.5) is 5.69 Å². The zero-order valence-electron chi connectivity index (χ0n) is 13.5. The van der Waals surface area contributed by atoms with Gasteiger partial charge in [-0.1, -0.05) is 18.2 Å². The maximum atomic E-state index is 12.5. The summed E-state index contributed by atoms with van der Waals surface area (Å²) in [5.41, 5.74) is 9.23. The fourth-order valence-electron chi connectivity index (χ4n) is 3.04. The summed E-state index contributed by atoms with van der Waals surface area (Å²) in [6.45, 7) is 3.93. The first-order valence-electron chi connectivity index (χ1n) is 7.84. The molecule has 0 aliphatic heterocycles. The third kappa shape index (κ3) is 2.49. The Kier molecular flexibility index (Phi) is 3.61. The molecule has 0 saturated carbocycles. The fraction of sp³-hybridized carbons (Fsp3) is 0.222. The summed E-state index contributed by atoms with van der Waals surface area (Å²) in [6, 6.07) is 9.48. The van der Waals surface area contributed by atoms with Gasteiger partial charge in [0.2, 0.25) is 0 Å². The quantitative estimate of drug-likeness (QED) is 0.711. The first-order chi connectivity index (χ1) is 11.6. The summed E-state index contributed by atoms with van der Waals surface area (Å²) in [4.78, 5) is 18.4. The van der Waals surface area contributed by atoms with Crippen molar-refractivity contribution < 1.29 is 9.21 Å². The number of furan rings is 1. The van der Waals surface area contributed by atoms with Gasteiger partial charge in [-0.15, -0.1) is 11.3 Å². The van der Waals surface area contributed by atoms with Crippen LogP contribution in [0.5, 0.6) is 0 Å². The minimum absolute atomic E-state index is 0.278. The third-order valence-electron chi connectivity index (χ3n) is 4.14. The SMILES string of the molecule is Cc1nc2c(s1)CCc1oc(C(=O)NNc3ccccc3)c(C)c1-2. The van der Waals surface area contributed by atoms with Crippen LogP contribution in [-0.2, 0) is 12.8 Å². The van der Waals surface area contributed by atoms with Gasteiger partial charge in [-0.3, -0.25) is 15.6 Å². The van der Waals surface area contributed by atoms with Crippen LogP contribution < -0.4 is 10.9 Å². The van der Waals surface area contributed by atoms with Gasteiger partial charge in [0, 0.05) is 22.4 Å². The molecule has 2 aromatic heterocycles. The minimum Gasteiger partial charge on any atom is -0.455 e. The number of benzene rings is 1. The molecule has 6 heteroatoms. The molecule has 0 radical (unpaired) electrons. The zero-order chi connectivity index (χ0) is 16.7. The first-order valence-corrected chi connectivity index (χ1v) is 8.65. The molecule has 122 valence electrons. The van der Waals surface area contributed by atoms with E-state index in [1.165, 1.54) is 4.88 Å². The molecule has 24 heavy (non-hydrogen) atoms. The van der Waals surface area contributed by atoms with E-state index in [1.807, 2.05) is 44.2 Å². The minimum atomic E-state index is -0.278. The van der Waals surface area contributed by atoms with Gasteiger partial charge in [0.05, 0.1) is 16.4 Å². The van der Waals surface area contributed by atoms with Crippen LogP contribution in [0.1, 0.15) is 31.8 Å². The molecule has 2 N–H and O–H groups in total. The number of amides is 1. The third-order valence-corrected chi connectivity index (χ3v) is 5.17. The number of anilines is 1. The largest absolute Gasteiger partial charge is 0.455 e. The van der Waals surface area contributed by atoms with Crippen molar-refractivity contribution in [3.8, 4) is 11.3 Å². The number of aryl methyl sites for hydroxylation is 3. The molecule has 1 aliphatic carbocycles. The van der Waals surface area contributed by atoms with Crippen molar-refractivity contribution in [2.24, 2.45) is 0 Å². The van der Waals surface area contributed by atoms with Crippen LogP contribution in [0.25, 0.3) is 11.3 Å². The Morgan fingerprint density at radius 2 is 2.00 bits per heavy atom. The summed E-state index contributed by atoms with van der Waals surface area (Å²) in [5, 5.41) is 1.05. The predicted molar refractivity (Wildman–Crippen MR) is 94.2 cm³/mol. The normalized spacial score (nSPS) is 12.4. The maximum absolute atomic E-state index is 12.5. The van der Waals surface area contributed by atoms with E-state index in [4.69, 9.17) is 4.42 Å². The molecule has 2 heterocycles. The number of hydrazine groups is 1. The van der Waals surface area contributed by atoms with Crippen LogP contribution >= 0.6 is 11.3 Å². The molecule has 1 aromatic carbocycles. The van der Waals surface area contributed by atoms with Crippen molar-refractivity contribution in [2.75, 3.05) is 5.43 Å². The Balaban J connectivity index is 1.61. The summed E-state index contributed by atoms with van der Waals surface area (Å²) in [6.07, 6.45) is 1.73. The highest BCUT2D eigenvalue weighted by atomic mass is 32.1. The molecule has 1 amide bonds. The van der Waals surface area contributed by atoms with E-state index in [0.29, 0.717) is 5.76 Å². The van der Waals surface area contributed by atoms with E-state index in [2.05, 4.69) is 15.8 Å². The highest BCUT2D eigenvalue weighted by Gasteiger charge is 2.29. The number of carbonyl (C=O) groups excluding carboxylic acids is 1. The van der Waals surface area contributed by atoms with E-state index in [0.717, 1.165) is 46.1 Å². The lowest BCUT2D eigenvalue weighted by molar-refractivity contribution is 0.0932. The molecule has 5 nitrogen and oxygen atoms in total. The van der Waals surface area contributed by atoms with Gasteiger partial charge in [0.25, 0.3) is 0 Å². The van der Waals surface area contributed by atoms with Crippen molar-refractivity contribution in [3.05, 3.63) is 57.3 Å². The number of thiazole rings is 1. The van der Waals surface area contributed by atoms with E-state index < -0.39 is 0 Å². The predicted octanol–water partition coefficient (Wildman–Crippen LogP) is 3.88. The fourth-order valence-corrected chi connectivity index (χ4v) is 3.99. The standard InChI is InChI=1S/C18H17N3O2S/c1-10-15-13(8-9-14-16(15)19-11(2)24-14)23-17(10)18(22)21-20-12-6-4-3-5-7-12/h3-7,20H,8-9H2,1-2H3,(H,21,22).